The van der Waals surface area contributed by atoms with Crippen LogP contribution in [0.25, 0.3) is 0 Å². The van der Waals surface area contributed by atoms with E-state index >= 15 is 0 Å². The third-order valence-electron chi connectivity index (χ3n) is 2.91. The molecular formula is C14H15FN2O3S. The molecule has 0 aliphatic heterocycles. The number of aromatic hydroxyl groups is 1. The van der Waals surface area contributed by atoms with E-state index in [1.807, 2.05) is 0 Å². The van der Waals surface area contributed by atoms with Gasteiger partial charge in [0.15, 0.2) is 0 Å². The highest BCUT2D eigenvalue weighted by Crippen LogP contribution is 2.19. The molecule has 0 unspecified atom stereocenters. The van der Waals surface area contributed by atoms with E-state index < -0.39 is 15.8 Å². The van der Waals surface area contributed by atoms with Crippen LogP contribution in [0.3, 0.4) is 0 Å². The molecule has 4 N–H and O–H groups in total. The van der Waals surface area contributed by atoms with E-state index in [-0.39, 0.29) is 22.9 Å². The number of phenolic OH excluding ortho intramolecular Hbond substituents is 1. The fourth-order valence-corrected chi connectivity index (χ4v) is 2.98. The van der Waals surface area contributed by atoms with Crippen LogP contribution in [0.4, 0.5) is 10.1 Å². The fraction of sp³-hybridized carbons (Fsp3) is 0.143. The van der Waals surface area contributed by atoms with Crippen molar-refractivity contribution in [2.24, 2.45) is 0 Å². The van der Waals surface area contributed by atoms with Crippen molar-refractivity contribution in [3.05, 3.63) is 53.8 Å². The van der Waals surface area contributed by atoms with Gasteiger partial charge >= 0.3 is 0 Å². The molecule has 2 aromatic carbocycles. The van der Waals surface area contributed by atoms with Crippen LogP contribution in [0.2, 0.25) is 0 Å². The Morgan fingerprint density at radius 3 is 2.48 bits per heavy atom. The summed E-state index contributed by atoms with van der Waals surface area (Å²) >= 11 is 0. The lowest BCUT2D eigenvalue weighted by Crippen LogP contribution is -2.26. The molecule has 0 bridgehead atoms. The van der Waals surface area contributed by atoms with Gasteiger partial charge in [-0.15, -0.1) is 0 Å². The van der Waals surface area contributed by atoms with E-state index in [2.05, 4.69) is 4.72 Å². The molecule has 0 aliphatic carbocycles. The molecule has 0 aromatic heterocycles. The zero-order valence-corrected chi connectivity index (χ0v) is 11.9. The van der Waals surface area contributed by atoms with Crippen LogP contribution in [0.1, 0.15) is 5.56 Å². The maximum atomic E-state index is 13.1. The number of hydrogen-bond acceptors (Lipinski definition) is 4. The van der Waals surface area contributed by atoms with E-state index in [1.54, 1.807) is 12.1 Å². The average Bonchev–Trinajstić information content (AvgIpc) is 2.43. The van der Waals surface area contributed by atoms with Gasteiger partial charge in [-0.1, -0.05) is 12.1 Å². The first kappa shape index (κ1) is 15.3. The summed E-state index contributed by atoms with van der Waals surface area (Å²) in [6, 6.07) is 9.63. The Bertz CT molecular complexity index is 730. The van der Waals surface area contributed by atoms with E-state index in [4.69, 9.17) is 10.8 Å². The zero-order chi connectivity index (χ0) is 15.5. The number of hydrogen-bond donors (Lipinski definition) is 3. The summed E-state index contributed by atoms with van der Waals surface area (Å²) in [6.07, 6.45) is 0.439. The summed E-state index contributed by atoms with van der Waals surface area (Å²) in [6.45, 7) is 0.142. The van der Waals surface area contributed by atoms with Crippen LogP contribution < -0.4 is 10.5 Å². The summed E-state index contributed by atoms with van der Waals surface area (Å²) in [5.41, 5.74) is 6.42. The predicted molar refractivity (Wildman–Crippen MR) is 77.8 cm³/mol. The highest BCUT2D eigenvalue weighted by molar-refractivity contribution is 7.89. The van der Waals surface area contributed by atoms with E-state index in [0.717, 1.165) is 17.7 Å². The Hall–Kier alpha value is -2.12. The predicted octanol–water partition coefficient (Wildman–Crippen LogP) is 1.63. The monoisotopic (exact) mass is 310 g/mol. The van der Waals surface area contributed by atoms with E-state index in [1.165, 1.54) is 18.2 Å². The zero-order valence-electron chi connectivity index (χ0n) is 11.1. The highest BCUT2D eigenvalue weighted by Gasteiger charge is 2.17. The van der Waals surface area contributed by atoms with Crippen molar-refractivity contribution < 1.29 is 17.9 Å². The molecule has 7 heteroatoms. The SMILES string of the molecule is Nc1ccc(F)cc1S(=O)(=O)NCCc1ccc(O)cc1. The van der Waals surface area contributed by atoms with Gasteiger partial charge in [0.1, 0.15) is 16.5 Å². The lowest BCUT2D eigenvalue weighted by Gasteiger charge is -2.09. The van der Waals surface area contributed by atoms with Crippen LogP contribution in [0, 0.1) is 5.82 Å². The summed E-state index contributed by atoms with van der Waals surface area (Å²) in [7, 11) is -3.86. The topological polar surface area (TPSA) is 92.4 Å². The number of benzene rings is 2. The molecule has 2 aromatic rings. The molecule has 0 amide bonds. The molecule has 0 fully saturated rings. The molecule has 0 heterocycles. The number of rotatable bonds is 5. The minimum Gasteiger partial charge on any atom is -0.508 e. The minimum atomic E-state index is -3.86. The number of nitrogens with two attached hydrogens (primary N) is 1. The third kappa shape index (κ3) is 3.93. The molecule has 0 saturated carbocycles. The normalized spacial score (nSPS) is 11.5. The Morgan fingerprint density at radius 2 is 1.81 bits per heavy atom. The number of nitrogen functional groups attached to an aromatic ring is 1. The largest absolute Gasteiger partial charge is 0.508 e. The van der Waals surface area contributed by atoms with Crippen molar-refractivity contribution in [3.63, 3.8) is 0 Å². The van der Waals surface area contributed by atoms with Gasteiger partial charge in [-0.25, -0.2) is 17.5 Å². The molecular weight excluding hydrogens is 295 g/mol. The molecule has 0 spiro atoms. The molecule has 21 heavy (non-hydrogen) atoms. The summed E-state index contributed by atoms with van der Waals surface area (Å²) in [5, 5.41) is 9.16. The van der Waals surface area contributed by atoms with Crippen molar-refractivity contribution in [1.29, 1.82) is 0 Å². The van der Waals surface area contributed by atoms with Gasteiger partial charge in [-0.05, 0) is 42.3 Å². The van der Waals surface area contributed by atoms with Gasteiger partial charge in [0, 0.05) is 6.54 Å². The molecule has 0 aliphatic rings. The number of nitrogens with one attached hydrogen (secondary N) is 1. The summed E-state index contributed by atoms with van der Waals surface area (Å²) in [4.78, 5) is -0.270. The van der Waals surface area contributed by atoms with Crippen molar-refractivity contribution in [2.45, 2.75) is 11.3 Å². The van der Waals surface area contributed by atoms with Crippen LogP contribution >= 0.6 is 0 Å². The molecule has 0 radical (unpaired) electrons. The maximum absolute atomic E-state index is 13.1. The Balaban J connectivity index is 2.04. The number of sulfonamides is 1. The van der Waals surface area contributed by atoms with Crippen LogP contribution in [0.15, 0.2) is 47.4 Å². The lowest BCUT2D eigenvalue weighted by atomic mass is 10.1. The fourth-order valence-electron chi connectivity index (χ4n) is 1.81. The van der Waals surface area contributed by atoms with Crippen molar-refractivity contribution >= 4 is 15.7 Å². The van der Waals surface area contributed by atoms with Gasteiger partial charge in [0.2, 0.25) is 10.0 Å². The minimum absolute atomic E-state index is 0.00599. The molecule has 112 valence electrons. The van der Waals surface area contributed by atoms with Crippen molar-refractivity contribution in [1.82, 2.24) is 4.72 Å². The molecule has 2 rings (SSSR count). The molecule has 0 atom stereocenters. The smallest absolute Gasteiger partial charge is 0.242 e. The highest BCUT2D eigenvalue weighted by atomic mass is 32.2. The van der Waals surface area contributed by atoms with Crippen molar-refractivity contribution in [2.75, 3.05) is 12.3 Å². The molecule has 0 saturated heterocycles. The molecule has 5 nitrogen and oxygen atoms in total. The number of phenols is 1. The van der Waals surface area contributed by atoms with Crippen molar-refractivity contribution in [3.8, 4) is 5.75 Å². The second-order valence-corrected chi connectivity index (χ2v) is 6.23. The summed E-state index contributed by atoms with van der Waals surface area (Å²) < 4.78 is 39.6. The van der Waals surface area contributed by atoms with Crippen LogP contribution in [0.5, 0.6) is 5.75 Å². The second-order valence-electron chi connectivity index (χ2n) is 4.50. The van der Waals surface area contributed by atoms with Gasteiger partial charge in [-0.3, -0.25) is 0 Å². The lowest BCUT2D eigenvalue weighted by molar-refractivity contribution is 0.475. The van der Waals surface area contributed by atoms with Gasteiger partial charge < -0.3 is 10.8 Å². The number of halogens is 1. The van der Waals surface area contributed by atoms with Gasteiger partial charge in [0.05, 0.1) is 5.69 Å². The first-order valence-electron chi connectivity index (χ1n) is 6.21. The Kier molecular flexibility index (Phi) is 4.44. The second kappa shape index (κ2) is 6.11. The Labute approximate surface area is 122 Å². The maximum Gasteiger partial charge on any atom is 0.242 e. The van der Waals surface area contributed by atoms with Gasteiger partial charge in [-0.2, -0.15) is 0 Å². The standard InChI is InChI=1S/C14H15FN2O3S/c15-11-3-6-13(16)14(9-11)21(19,20)17-8-7-10-1-4-12(18)5-2-10/h1-6,9,17-18H,7-8,16H2. The average molecular weight is 310 g/mol. The Morgan fingerprint density at radius 1 is 1.14 bits per heavy atom. The first-order chi connectivity index (χ1) is 9.88. The van der Waals surface area contributed by atoms with E-state index in [0.29, 0.717) is 6.42 Å². The summed E-state index contributed by atoms with van der Waals surface area (Å²) in [5.74, 6) is -0.519. The van der Waals surface area contributed by atoms with Crippen LogP contribution in [-0.4, -0.2) is 20.1 Å². The third-order valence-corrected chi connectivity index (χ3v) is 4.42. The van der Waals surface area contributed by atoms with E-state index in [9.17, 15) is 12.8 Å². The van der Waals surface area contributed by atoms with Crippen LogP contribution in [-0.2, 0) is 16.4 Å². The van der Waals surface area contributed by atoms with Gasteiger partial charge in [0.25, 0.3) is 0 Å². The first-order valence-corrected chi connectivity index (χ1v) is 7.69. The quantitative estimate of drug-likeness (QED) is 0.732. The number of anilines is 1.